The van der Waals surface area contributed by atoms with Crippen molar-refractivity contribution >= 4 is 5.95 Å². The molecule has 0 saturated heterocycles. The molecule has 0 N–H and O–H groups in total. The molecule has 2 rings (SSSR count). The molecule has 2 aromatic rings. The van der Waals surface area contributed by atoms with Crippen molar-refractivity contribution in [3.8, 4) is 0 Å². The van der Waals surface area contributed by atoms with Crippen LogP contribution in [-0.4, -0.2) is 17.0 Å². The summed E-state index contributed by atoms with van der Waals surface area (Å²) in [7, 11) is 1.50. The van der Waals surface area contributed by atoms with Gasteiger partial charge < -0.3 is 4.90 Å². The maximum atomic E-state index is 13.5. The monoisotopic (exact) mass is 285 g/mol. The Morgan fingerprint density at radius 2 is 1.85 bits per heavy atom. The van der Waals surface area contributed by atoms with Crippen LogP contribution < -0.4 is 4.90 Å². The summed E-state index contributed by atoms with van der Waals surface area (Å²) in [6, 6.07) is 6.83. The van der Waals surface area contributed by atoms with Gasteiger partial charge in [0.1, 0.15) is 11.5 Å². The van der Waals surface area contributed by atoms with Crippen molar-refractivity contribution in [2.24, 2.45) is 0 Å². The third-order valence-corrected chi connectivity index (χ3v) is 2.64. The molecule has 106 valence electrons. The first kappa shape index (κ1) is 14.2. The van der Waals surface area contributed by atoms with Gasteiger partial charge in [-0.2, -0.15) is 13.2 Å². The predicted molar refractivity (Wildman–Crippen MR) is 65.5 cm³/mol. The number of anilines is 1. The Labute approximate surface area is 112 Å². The quantitative estimate of drug-likeness (QED) is 0.810. The van der Waals surface area contributed by atoms with E-state index in [2.05, 4.69) is 9.97 Å². The van der Waals surface area contributed by atoms with E-state index in [1.54, 1.807) is 18.2 Å². The smallest absolute Gasteiger partial charge is 0.339 e. The van der Waals surface area contributed by atoms with Gasteiger partial charge in [0.05, 0.1) is 0 Å². The summed E-state index contributed by atoms with van der Waals surface area (Å²) in [5, 5.41) is 0. The van der Waals surface area contributed by atoms with E-state index in [1.807, 2.05) is 0 Å². The number of aromatic nitrogens is 2. The van der Waals surface area contributed by atoms with Crippen molar-refractivity contribution in [2.75, 3.05) is 11.9 Å². The molecule has 1 aromatic carbocycles. The number of benzene rings is 1. The maximum Gasteiger partial charge on any atom is 0.433 e. The van der Waals surface area contributed by atoms with E-state index >= 15 is 0 Å². The second kappa shape index (κ2) is 5.44. The molecule has 20 heavy (non-hydrogen) atoms. The molecule has 1 aromatic heterocycles. The van der Waals surface area contributed by atoms with Gasteiger partial charge in [0.25, 0.3) is 0 Å². The first-order chi connectivity index (χ1) is 9.38. The SMILES string of the molecule is CN(Cc1ccccc1F)c1nccc(C(F)(F)F)n1. The second-order valence-corrected chi connectivity index (χ2v) is 4.19. The molecule has 3 nitrogen and oxygen atoms in total. The van der Waals surface area contributed by atoms with Gasteiger partial charge in [-0.1, -0.05) is 18.2 Å². The van der Waals surface area contributed by atoms with E-state index in [1.165, 1.54) is 18.0 Å². The lowest BCUT2D eigenvalue weighted by molar-refractivity contribution is -0.141. The highest BCUT2D eigenvalue weighted by atomic mass is 19.4. The van der Waals surface area contributed by atoms with Gasteiger partial charge in [0.15, 0.2) is 0 Å². The van der Waals surface area contributed by atoms with Gasteiger partial charge in [-0.05, 0) is 12.1 Å². The zero-order valence-corrected chi connectivity index (χ0v) is 10.5. The highest BCUT2D eigenvalue weighted by molar-refractivity contribution is 5.32. The molecule has 0 amide bonds. The number of hydrogen-bond donors (Lipinski definition) is 0. The molecular weight excluding hydrogens is 274 g/mol. The van der Waals surface area contributed by atoms with E-state index in [4.69, 9.17) is 0 Å². The van der Waals surface area contributed by atoms with E-state index in [9.17, 15) is 17.6 Å². The summed E-state index contributed by atoms with van der Waals surface area (Å²) < 4.78 is 51.1. The zero-order chi connectivity index (χ0) is 14.8. The number of nitrogens with zero attached hydrogens (tertiary/aromatic N) is 3. The molecule has 0 radical (unpaired) electrons. The van der Waals surface area contributed by atoms with Crippen molar-refractivity contribution in [2.45, 2.75) is 12.7 Å². The van der Waals surface area contributed by atoms with Gasteiger partial charge in [-0.3, -0.25) is 0 Å². The fourth-order valence-electron chi connectivity index (χ4n) is 1.64. The molecule has 0 aliphatic heterocycles. The molecule has 0 fully saturated rings. The molecule has 0 saturated carbocycles. The van der Waals surface area contributed by atoms with Gasteiger partial charge in [-0.25, -0.2) is 14.4 Å². The van der Waals surface area contributed by atoms with E-state index in [0.717, 1.165) is 12.3 Å². The minimum Gasteiger partial charge on any atom is -0.339 e. The minimum atomic E-state index is -4.53. The third-order valence-electron chi connectivity index (χ3n) is 2.64. The summed E-state index contributed by atoms with van der Waals surface area (Å²) in [5.74, 6) is -0.533. The van der Waals surface area contributed by atoms with Crippen LogP contribution in [0.5, 0.6) is 0 Å². The summed E-state index contributed by atoms with van der Waals surface area (Å²) in [6.45, 7) is 0.0774. The van der Waals surface area contributed by atoms with Crippen LogP contribution in [0.3, 0.4) is 0 Å². The van der Waals surface area contributed by atoms with Crippen molar-refractivity contribution in [3.05, 3.63) is 53.6 Å². The average molecular weight is 285 g/mol. The summed E-state index contributed by atoms with van der Waals surface area (Å²) in [6.07, 6.45) is -3.50. The molecule has 1 heterocycles. The fraction of sp³-hybridized carbons (Fsp3) is 0.231. The highest BCUT2D eigenvalue weighted by Gasteiger charge is 2.33. The Morgan fingerprint density at radius 1 is 1.15 bits per heavy atom. The topological polar surface area (TPSA) is 29.0 Å². The minimum absolute atomic E-state index is 0.0774. The lowest BCUT2D eigenvalue weighted by Gasteiger charge is -2.18. The van der Waals surface area contributed by atoms with E-state index in [-0.39, 0.29) is 12.5 Å². The zero-order valence-electron chi connectivity index (χ0n) is 10.5. The lowest BCUT2D eigenvalue weighted by Crippen LogP contribution is -2.21. The molecular formula is C13H11F4N3. The highest BCUT2D eigenvalue weighted by Crippen LogP contribution is 2.28. The Balaban J connectivity index is 2.22. The molecule has 0 aliphatic carbocycles. The number of alkyl halides is 3. The summed E-state index contributed by atoms with van der Waals surface area (Å²) in [4.78, 5) is 8.56. The van der Waals surface area contributed by atoms with E-state index < -0.39 is 17.7 Å². The molecule has 7 heteroatoms. The Morgan fingerprint density at radius 3 is 2.50 bits per heavy atom. The van der Waals surface area contributed by atoms with Gasteiger partial charge in [0, 0.05) is 25.4 Å². The Bertz CT molecular complexity index is 598. The van der Waals surface area contributed by atoms with Crippen molar-refractivity contribution in [3.63, 3.8) is 0 Å². The molecule has 0 unspecified atom stereocenters. The van der Waals surface area contributed by atoms with E-state index in [0.29, 0.717) is 5.56 Å². The maximum absolute atomic E-state index is 13.5. The third kappa shape index (κ3) is 3.23. The summed E-state index contributed by atoms with van der Waals surface area (Å²) >= 11 is 0. The first-order valence-electron chi connectivity index (χ1n) is 5.72. The number of hydrogen-bond acceptors (Lipinski definition) is 3. The Hall–Kier alpha value is -2.18. The molecule has 0 spiro atoms. The molecule has 0 atom stereocenters. The number of halogens is 4. The van der Waals surface area contributed by atoms with Crippen LogP contribution in [0.1, 0.15) is 11.3 Å². The van der Waals surface area contributed by atoms with Crippen molar-refractivity contribution in [1.29, 1.82) is 0 Å². The summed E-state index contributed by atoms with van der Waals surface area (Å²) in [5.41, 5.74) is -0.668. The van der Waals surface area contributed by atoms with Crippen LogP contribution >= 0.6 is 0 Å². The van der Waals surface area contributed by atoms with Gasteiger partial charge in [0.2, 0.25) is 5.95 Å². The molecule has 0 bridgehead atoms. The van der Waals surface area contributed by atoms with Crippen LogP contribution in [0.4, 0.5) is 23.5 Å². The predicted octanol–water partition coefficient (Wildman–Crippen LogP) is 3.27. The lowest BCUT2D eigenvalue weighted by atomic mass is 10.2. The molecule has 0 aliphatic rings. The fourth-order valence-corrected chi connectivity index (χ4v) is 1.64. The first-order valence-corrected chi connectivity index (χ1v) is 5.72. The van der Waals surface area contributed by atoms with Crippen molar-refractivity contribution < 1.29 is 17.6 Å². The van der Waals surface area contributed by atoms with Crippen LogP contribution in [0, 0.1) is 5.82 Å². The Kier molecular flexibility index (Phi) is 3.87. The van der Waals surface area contributed by atoms with Crippen LogP contribution in [0.25, 0.3) is 0 Å². The average Bonchev–Trinajstić information content (AvgIpc) is 2.40. The number of rotatable bonds is 3. The standard InChI is InChI=1S/C13H11F4N3/c1-20(8-9-4-2-3-5-10(9)14)12-18-7-6-11(19-12)13(15,16)17/h2-7H,8H2,1H3. The van der Waals surface area contributed by atoms with Crippen molar-refractivity contribution in [1.82, 2.24) is 9.97 Å². The largest absolute Gasteiger partial charge is 0.433 e. The van der Waals surface area contributed by atoms with Crippen LogP contribution in [-0.2, 0) is 12.7 Å². The van der Waals surface area contributed by atoms with Gasteiger partial charge in [-0.15, -0.1) is 0 Å². The van der Waals surface area contributed by atoms with Crippen LogP contribution in [0.15, 0.2) is 36.5 Å². The second-order valence-electron chi connectivity index (χ2n) is 4.19. The normalized spacial score (nSPS) is 11.4. The van der Waals surface area contributed by atoms with Gasteiger partial charge >= 0.3 is 6.18 Å². The van der Waals surface area contributed by atoms with Crippen LogP contribution in [0.2, 0.25) is 0 Å².